The Balaban J connectivity index is 2.01. The summed E-state index contributed by atoms with van der Waals surface area (Å²) >= 11 is 15.5. The highest BCUT2D eigenvalue weighted by Gasteiger charge is 2.07. The molecule has 0 aliphatic rings. The fourth-order valence-electron chi connectivity index (χ4n) is 1.90. The number of hydrogen-bond acceptors (Lipinski definition) is 1. The quantitative estimate of drug-likeness (QED) is 0.728. The van der Waals surface area contributed by atoms with E-state index in [2.05, 4.69) is 52.4 Å². The van der Waals surface area contributed by atoms with E-state index in [9.17, 15) is 0 Å². The Morgan fingerprint density at radius 1 is 1.11 bits per heavy atom. The van der Waals surface area contributed by atoms with Crippen LogP contribution in [0, 0.1) is 0 Å². The summed E-state index contributed by atoms with van der Waals surface area (Å²) in [6.07, 6.45) is 0.937. The number of halogens is 3. The first-order valence-corrected chi connectivity index (χ1v) is 7.55. The second-order valence-electron chi connectivity index (χ2n) is 4.50. The van der Waals surface area contributed by atoms with Crippen molar-refractivity contribution in [2.24, 2.45) is 0 Å². The van der Waals surface area contributed by atoms with Gasteiger partial charge in [0.1, 0.15) is 0 Å². The highest BCUT2D eigenvalue weighted by atomic mass is 79.9. The minimum absolute atomic E-state index is 0.292. The maximum absolute atomic E-state index is 6.14. The van der Waals surface area contributed by atoms with Crippen LogP contribution in [0.15, 0.2) is 46.9 Å². The summed E-state index contributed by atoms with van der Waals surface area (Å²) < 4.78 is 1.10. The van der Waals surface area contributed by atoms with Crippen LogP contribution in [0.5, 0.6) is 0 Å². The van der Waals surface area contributed by atoms with E-state index >= 15 is 0 Å². The smallest absolute Gasteiger partial charge is 0.0652 e. The van der Waals surface area contributed by atoms with E-state index in [1.54, 1.807) is 6.07 Å². The molecule has 1 N–H and O–H groups in total. The zero-order valence-electron chi connectivity index (χ0n) is 10.5. The fourth-order valence-corrected chi connectivity index (χ4v) is 2.62. The maximum Gasteiger partial charge on any atom is 0.0652 e. The zero-order chi connectivity index (χ0) is 13.8. The first-order chi connectivity index (χ1) is 9.04. The molecule has 1 atom stereocenters. The third kappa shape index (κ3) is 4.41. The summed E-state index contributed by atoms with van der Waals surface area (Å²) in [6, 6.07) is 14.1. The van der Waals surface area contributed by atoms with Gasteiger partial charge in [0.15, 0.2) is 0 Å². The van der Waals surface area contributed by atoms with E-state index in [0.29, 0.717) is 16.1 Å². The van der Waals surface area contributed by atoms with Crippen LogP contribution in [0.2, 0.25) is 10.0 Å². The number of hydrogen-bond donors (Lipinski definition) is 1. The Morgan fingerprint density at radius 2 is 1.79 bits per heavy atom. The van der Waals surface area contributed by atoms with Crippen LogP contribution in [0.4, 0.5) is 5.69 Å². The maximum atomic E-state index is 6.14. The molecule has 1 unspecified atom stereocenters. The lowest BCUT2D eigenvalue weighted by atomic mass is 10.1. The predicted octanol–water partition coefficient (Wildman–Crippen LogP) is 5.80. The summed E-state index contributed by atoms with van der Waals surface area (Å²) in [7, 11) is 0. The Labute approximate surface area is 132 Å². The molecule has 0 heterocycles. The third-order valence-corrected chi connectivity index (χ3v) is 3.86. The van der Waals surface area contributed by atoms with E-state index in [1.165, 1.54) is 5.56 Å². The number of nitrogens with one attached hydrogen (secondary N) is 1. The van der Waals surface area contributed by atoms with Gasteiger partial charge in [0, 0.05) is 15.5 Å². The van der Waals surface area contributed by atoms with Crippen LogP contribution in [0.25, 0.3) is 0 Å². The number of benzene rings is 2. The lowest BCUT2D eigenvalue weighted by Crippen LogP contribution is -2.18. The number of anilines is 1. The highest BCUT2D eigenvalue weighted by molar-refractivity contribution is 9.10. The van der Waals surface area contributed by atoms with Crippen molar-refractivity contribution in [1.82, 2.24) is 0 Å². The van der Waals surface area contributed by atoms with Gasteiger partial charge in [-0.15, -0.1) is 0 Å². The third-order valence-electron chi connectivity index (χ3n) is 2.79. The van der Waals surface area contributed by atoms with E-state index in [1.807, 2.05) is 12.1 Å². The van der Waals surface area contributed by atoms with Crippen LogP contribution < -0.4 is 5.32 Å². The molecule has 1 nitrogen and oxygen atoms in total. The Hall–Kier alpha value is -0.700. The summed E-state index contributed by atoms with van der Waals surface area (Å²) in [5, 5.41) is 4.70. The van der Waals surface area contributed by atoms with Gasteiger partial charge in [0.05, 0.1) is 10.7 Å². The molecule has 100 valence electrons. The van der Waals surface area contributed by atoms with Gasteiger partial charge in [-0.25, -0.2) is 0 Å². The van der Waals surface area contributed by atoms with Crippen molar-refractivity contribution in [3.63, 3.8) is 0 Å². The summed E-state index contributed by atoms with van der Waals surface area (Å²) in [4.78, 5) is 0. The van der Waals surface area contributed by atoms with Crippen molar-refractivity contribution in [3.8, 4) is 0 Å². The molecule has 0 bridgehead atoms. The van der Waals surface area contributed by atoms with Crippen LogP contribution >= 0.6 is 39.1 Å². The molecule has 0 aliphatic carbocycles. The van der Waals surface area contributed by atoms with E-state index in [4.69, 9.17) is 23.2 Å². The highest BCUT2D eigenvalue weighted by Crippen LogP contribution is 2.26. The van der Waals surface area contributed by atoms with Gasteiger partial charge < -0.3 is 5.32 Å². The second-order valence-corrected chi connectivity index (χ2v) is 6.26. The zero-order valence-corrected chi connectivity index (χ0v) is 13.6. The molecule has 0 saturated heterocycles. The molecule has 0 fully saturated rings. The van der Waals surface area contributed by atoms with Crippen molar-refractivity contribution < 1.29 is 0 Å². The fraction of sp³-hybridized carbons (Fsp3) is 0.200. The average molecular weight is 359 g/mol. The normalized spacial score (nSPS) is 12.2. The SMILES string of the molecule is CC(Cc1ccc(Br)cc1)Nc1ccc(Cl)cc1Cl. The first kappa shape index (κ1) is 14.7. The van der Waals surface area contributed by atoms with Crippen molar-refractivity contribution in [2.45, 2.75) is 19.4 Å². The van der Waals surface area contributed by atoms with Gasteiger partial charge in [-0.3, -0.25) is 0 Å². The second kappa shape index (κ2) is 6.65. The molecule has 2 aromatic rings. The molecule has 0 aliphatic heterocycles. The van der Waals surface area contributed by atoms with Gasteiger partial charge >= 0.3 is 0 Å². The standard InChI is InChI=1S/C15H14BrCl2N/c1-10(8-11-2-4-12(16)5-3-11)19-15-7-6-13(17)9-14(15)18/h2-7,9-10,19H,8H2,1H3. The monoisotopic (exact) mass is 357 g/mol. The number of rotatable bonds is 4. The Morgan fingerprint density at radius 3 is 2.42 bits per heavy atom. The van der Waals surface area contributed by atoms with Gasteiger partial charge in [-0.05, 0) is 49.2 Å². The topological polar surface area (TPSA) is 12.0 Å². The molecule has 0 amide bonds. The van der Waals surface area contributed by atoms with Gasteiger partial charge in [-0.2, -0.15) is 0 Å². The first-order valence-electron chi connectivity index (χ1n) is 6.00. The van der Waals surface area contributed by atoms with Crippen LogP contribution in [0.3, 0.4) is 0 Å². The molecule has 2 aromatic carbocycles. The molecule has 0 saturated carbocycles. The molecular formula is C15H14BrCl2N. The molecule has 4 heteroatoms. The predicted molar refractivity (Wildman–Crippen MR) is 87.4 cm³/mol. The minimum atomic E-state index is 0.292. The molecule has 0 spiro atoms. The van der Waals surface area contributed by atoms with E-state index in [0.717, 1.165) is 16.6 Å². The van der Waals surface area contributed by atoms with Gasteiger partial charge in [-0.1, -0.05) is 51.3 Å². The molecule has 0 aromatic heterocycles. The minimum Gasteiger partial charge on any atom is -0.381 e. The Kier molecular flexibility index (Phi) is 5.14. The molecule has 0 radical (unpaired) electrons. The molecule has 2 rings (SSSR count). The lowest BCUT2D eigenvalue weighted by molar-refractivity contribution is 0.790. The van der Waals surface area contributed by atoms with Crippen molar-refractivity contribution in [2.75, 3.05) is 5.32 Å². The van der Waals surface area contributed by atoms with Crippen LogP contribution in [0.1, 0.15) is 12.5 Å². The lowest BCUT2D eigenvalue weighted by Gasteiger charge is -2.16. The van der Waals surface area contributed by atoms with E-state index in [-0.39, 0.29) is 0 Å². The van der Waals surface area contributed by atoms with Crippen molar-refractivity contribution in [1.29, 1.82) is 0 Å². The van der Waals surface area contributed by atoms with Gasteiger partial charge in [0.2, 0.25) is 0 Å². The van der Waals surface area contributed by atoms with Gasteiger partial charge in [0.25, 0.3) is 0 Å². The van der Waals surface area contributed by atoms with Crippen LogP contribution in [-0.2, 0) is 6.42 Å². The van der Waals surface area contributed by atoms with E-state index < -0.39 is 0 Å². The summed E-state index contributed by atoms with van der Waals surface area (Å²) in [5.41, 5.74) is 2.20. The Bertz CT molecular complexity index is 555. The van der Waals surface area contributed by atoms with Crippen molar-refractivity contribution in [3.05, 3.63) is 62.5 Å². The summed E-state index contributed by atoms with van der Waals surface area (Å²) in [6.45, 7) is 2.13. The molecular weight excluding hydrogens is 345 g/mol. The summed E-state index contributed by atoms with van der Waals surface area (Å²) in [5.74, 6) is 0. The van der Waals surface area contributed by atoms with Crippen molar-refractivity contribution >= 4 is 44.8 Å². The molecule has 19 heavy (non-hydrogen) atoms. The largest absolute Gasteiger partial charge is 0.381 e. The van der Waals surface area contributed by atoms with Crippen LogP contribution in [-0.4, -0.2) is 6.04 Å². The average Bonchev–Trinajstić information content (AvgIpc) is 2.36.